The molecule has 7 nitrogen and oxygen atoms in total. The van der Waals surface area contributed by atoms with E-state index in [0.29, 0.717) is 0 Å². The molecule has 2 fully saturated rings. The Hall–Kier alpha value is -2.11. The molecule has 2 aliphatic heterocycles. The van der Waals surface area contributed by atoms with Crippen LogP contribution in [0.1, 0.15) is 38.5 Å². The Morgan fingerprint density at radius 3 is 1.00 bits per heavy atom. The van der Waals surface area contributed by atoms with Crippen LogP contribution in [0.25, 0.3) is 0 Å². The SMILES string of the molecule is C1CCN(CCN2CCCCC2)CC1.N#[C][Fe]([C]#N)([C]#N)([C]#N)[C]#N. The molecule has 2 aliphatic rings. The van der Waals surface area contributed by atoms with Gasteiger partial charge in [-0.05, 0) is 51.9 Å². The molecule has 0 bridgehead atoms. The second-order valence-electron chi connectivity index (χ2n) is 6.08. The summed E-state index contributed by atoms with van der Waals surface area (Å²) in [6.07, 6.45) is 8.64. The van der Waals surface area contributed by atoms with Crippen LogP contribution in [0.4, 0.5) is 0 Å². The summed E-state index contributed by atoms with van der Waals surface area (Å²) in [5.74, 6) is 0. The van der Waals surface area contributed by atoms with Crippen LogP contribution in [-0.4, -0.2) is 49.1 Å². The van der Waals surface area contributed by atoms with Crippen molar-refractivity contribution in [2.45, 2.75) is 38.5 Å². The van der Waals surface area contributed by atoms with Gasteiger partial charge in [0.15, 0.2) is 0 Å². The van der Waals surface area contributed by atoms with Crippen molar-refractivity contribution in [2.75, 3.05) is 39.3 Å². The number of rotatable bonds is 3. The predicted molar refractivity (Wildman–Crippen MR) is 88.6 cm³/mol. The van der Waals surface area contributed by atoms with E-state index >= 15 is 0 Å². The zero-order valence-corrected chi connectivity index (χ0v) is 15.6. The number of nitriles is 5. The van der Waals surface area contributed by atoms with Gasteiger partial charge in [-0.15, -0.1) is 0 Å². The Kier molecular flexibility index (Phi) is 8.38. The van der Waals surface area contributed by atoms with Crippen LogP contribution >= 0.6 is 0 Å². The number of hydrogen-bond acceptors (Lipinski definition) is 7. The summed E-state index contributed by atoms with van der Waals surface area (Å²) in [4.78, 5) is 11.4. The van der Waals surface area contributed by atoms with Gasteiger partial charge >= 0.3 is 62.9 Å². The van der Waals surface area contributed by atoms with Crippen LogP contribution in [0, 0.1) is 51.1 Å². The van der Waals surface area contributed by atoms with Gasteiger partial charge < -0.3 is 9.80 Å². The summed E-state index contributed by atoms with van der Waals surface area (Å²) in [6, 6.07) is 0. The van der Waals surface area contributed by atoms with Crippen molar-refractivity contribution in [3.63, 3.8) is 0 Å². The Bertz CT molecular complexity index is 526. The van der Waals surface area contributed by atoms with Gasteiger partial charge in [0, 0.05) is 13.1 Å². The molecule has 0 unspecified atom stereocenters. The van der Waals surface area contributed by atoms with E-state index in [1.54, 1.807) is 0 Å². The van der Waals surface area contributed by atoms with E-state index in [-0.39, 0.29) is 0 Å². The van der Waals surface area contributed by atoms with Gasteiger partial charge in [0.1, 0.15) is 0 Å². The molecule has 135 valence electrons. The molecule has 0 amide bonds. The van der Waals surface area contributed by atoms with Gasteiger partial charge in [0.25, 0.3) is 0 Å². The minimum atomic E-state index is -4.78. The van der Waals surface area contributed by atoms with Crippen LogP contribution in [0.3, 0.4) is 0 Å². The van der Waals surface area contributed by atoms with E-state index < -0.39 is 11.8 Å². The van der Waals surface area contributed by atoms with Crippen molar-refractivity contribution in [1.82, 2.24) is 9.80 Å². The predicted octanol–water partition coefficient (Wildman–Crippen LogP) is 2.04. The number of likely N-dealkylation sites (tertiary alicyclic amines) is 2. The van der Waals surface area contributed by atoms with Crippen molar-refractivity contribution >= 4 is 0 Å². The van der Waals surface area contributed by atoms with Gasteiger partial charge in [-0.25, -0.2) is 0 Å². The normalized spacial score (nSPS) is 19.9. The van der Waals surface area contributed by atoms with Crippen molar-refractivity contribution < 1.29 is 11.8 Å². The van der Waals surface area contributed by atoms with Gasteiger partial charge in [-0.1, -0.05) is 12.8 Å². The van der Waals surface area contributed by atoms with Crippen molar-refractivity contribution in [1.29, 1.82) is 26.3 Å². The van der Waals surface area contributed by atoms with E-state index in [0.717, 1.165) is 0 Å². The first kappa shape index (κ1) is 20.9. The van der Waals surface area contributed by atoms with E-state index in [2.05, 4.69) is 9.80 Å². The molecule has 0 spiro atoms. The quantitative estimate of drug-likeness (QED) is 0.684. The van der Waals surface area contributed by atoms with Gasteiger partial charge in [0.05, 0.1) is 0 Å². The third kappa shape index (κ3) is 5.73. The zero-order chi connectivity index (χ0) is 18.6. The molecule has 8 heteroatoms. The molecular formula is C17H24FeN7. The minimum absolute atomic E-state index is 1.23. The summed E-state index contributed by atoms with van der Waals surface area (Å²) in [7, 11) is 0. The number of piperidine rings is 2. The first-order valence-electron chi connectivity index (χ1n) is 8.40. The Balaban J connectivity index is 0.000000260. The van der Waals surface area contributed by atoms with Crippen molar-refractivity contribution in [3.05, 3.63) is 0 Å². The number of hydrogen-bond donors (Lipinski definition) is 0. The summed E-state index contributed by atoms with van der Waals surface area (Å²) in [6.45, 7) is 8.06. The van der Waals surface area contributed by atoms with E-state index in [9.17, 15) is 0 Å². The Morgan fingerprint density at radius 1 is 0.520 bits per heavy atom. The van der Waals surface area contributed by atoms with E-state index in [4.69, 9.17) is 26.3 Å². The molecule has 0 aromatic rings. The standard InChI is InChI=1S/C12H24N2.5CN.Fe/c1-3-7-13(8-4-1)11-12-14-9-5-2-6-10-14;5*1-2;/h1-12H2;;;;;;. The molecule has 0 aromatic carbocycles. The van der Waals surface area contributed by atoms with E-state index in [1.807, 2.05) is 0 Å². The molecular weight excluding hydrogens is 358 g/mol. The Morgan fingerprint density at radius 2 is 0.800 bits per heavy atom. The summed E-state index contributed by atoms with van der Waals surface area (Å²) >= 11 is -4.78. The second kappa shape index (κ2) is 10.0. The molecule has 2 saturated heterocycles. The average Bonchev–Trinajstić information content (AvgIpc) is 2.72. The molecule has 2 heterocycles. The first-order chi connectivity index (χ1) is 12.1. The monoisotopic (exact) mass is 382 g/mol. The number of nitrogens with zero attached hydrogens (tertiary/aromatic N) is 7. The van der Waals surface area contributed by atoms with Crippen LogP contribution in [-0.2, 0) is 11.8 Å². The third-order valence-corrected chi connectivity index (χ3v) is 6.89. The van der Waals surface area contributed by atoms with Gasteiger partial charge in [0.2, 0.25) is 0 Å². The van der Waals surface area contributed by atoms with Crippen LogP contribution in [0.15, 0.2) is 0 Å². The first-order valence-corrected chi connectivity index (χ1v) is 11.2. The fraction of sp³-hybridized carbons (Fsp3) is 0.706. The Labute approximate surface area is 150 Å². The zero-order valence-electron chi connectivity index (χ0n) is 14.5. The summed E-state index contributed by atoms with van der Waals surface area (Å²) in [5, 5.41) is 41.8. The maximum atomic E-state index is 8.35. The van der Waals surface area contributed by atoms with Gasteiger partial charge in [-0.2, -0.15) is 0 Å². The van der Waals surface area contributed by atoms with Crippen LogP contribution in [0.2, 0.25) is 0 Å². The average molecular weight is 382 g/mol. The molecule has 0 aliphatic carbocycles. The molecule has 0 atom stereocenters. The molecule has 0 N–H and O–H groups in total. The molecule has 0 radical (unpaired) electrons. The van der Waals surface area contributed by atoms with Crippen molar-refractivity contribution in [2.24, 2.45) is 0 Å². The molecule has 0 saturated carbocycles. The summed E-state index contributed by atoms with van der Waals surface area (Å²) in [5.41, 5.74) is 0. The topological polar surface area (TPSA) is 125 Å². The fourth-order valence-corrected chi connectivity index (χ4v) is 3.38. The summed E-state index contributed by atoms with van der Waals surface area (Å²) < 4.78 is 0. The van der Waals surface area contributed by atoms with Crippen LogP contribution < -0.4 is 0 Å². The second-order valence-corrected chi connectivity index (χ2v) is 10.1. The maximum absolute atomic E-state index is 8.35. The molecule has 2 rings (SSSR count). The van der Waals surface area contributed by atoms with Crippen LogP contribution in [0.5, 0.6) is 0 Å². The van der Waals surface area contributed by atoms with E-state index in [1.165, 1.54) is 103 Å². The molecule has 0 aromatic heterocycles. The fourth-order valence-electron chi connectivity index (χ4n) is 2.83. The van der Waals surface area contributed by atoms with Gasteiger partial charge in [-0.3, -0.25) is 0 Å². The third-order valence-electron chi connectivity index (χ3n) is 4.42. The van der Waals surface area contributed by atoms with Crippen molar-refractivity contribution in [3.8, 4) is 24.8 Å². The molecule has 25 heavy (non-hydrogen) atoms.